The van der Waals surface area contributed by atoms with Crippen molar-refractivity contribution in [2.24, 2.45) is 0 Å². The summed E-state index contributed by atoms with van der Waals surface area (Å²) in [4.78, 5) is 19.6. The Kier molecular flexibility index (Phi) is 5.64. The topological polar surface area (TPSA) is 57.3 Å². The number of benzene rings is 2. The predicted octanol–water partition coefficient (Wildman–Crippen LogP) is 3.16. The van der Waals surface area contributed by atoms with Crippen molar-refractivity contribution < 1.29 is 4.79 Å². The highest BCUT2D eigenvalue weighted by Crippen LogP contribution is 2.24. The van der Waals surface area contributed by atoms with E-state index in [4.69, 9.17) is 0 Å². The molecule has 5 heteroatoms. The molecule has 0 saturated carbocycles. The zero-order valence-electron chi connectivity index (χ0n) is 15.7. The SMILES string of the molecule is O=C(NCc1ccccc1)c1cccnc1N1CCNC(c2ccccc2)C1. The Morgan fingerprint density at radius 2 is 1.79 bits per heavy atom. The van der Waals surface area contributed by atoms with Crippen LogP contribution in [0.4, 0.5) is 5.82 Å². The molecule has 28 heavy (non-hydrogen) atoms. The van der Waals surface area contributed by atoms with Gasteiger partial charge < -0.3 is 15.5 Å². The van der Waals surface area contributed by atoms with Gasteiger partial charge in [-0.1, -0.05) is 60.7 Å². The van der Waals surface area contributed by atoms with E-state index in [9.17, 15) is 4.79 Å². The molecule has 1 amide bonds. The minimum atomic E-state index is -0.0956. The van der Waals surface area contributed by atoms with E-state index in [2.05, 4.69) is 44.8 Å². The van der Waals surface area contributed by atoms with Crippen molar-refractivity contribution >= 4 is 11.7 Å². The highest BCUT2D eigenvalue weighted by atomic mass is 16.1. The number of pyridine rings is 1. The fourth-order valence-electron chi connectivity index (χ4n) is 3.55. The Bertz CT molecular complexity index is 914. The normalized spacial score (nSPS) is 16.6. The smallest absolute Gasteiger partial charge is 0.255 e. The summed E-state index contributed by atoms with van der Waals surface area (Å²) in [6.45, 7) is 2.95. The fourth-order valence-corrected chi connectivity index (χ4v) is 3.55. The number of nitrogens with zero attached hydrogens (tertiary/aromatic N) is 2. The molecular formula is C23H24N4O. The summed E-state index contributed by atoms with van der Waals surface area (Å²) in [6.07, 6.45) is 1.75. The third kappa shape index (κ3) is 4.21. The van der Waals surface area contributed by atoms with E-state index < -0.39 is 0 Å². The number of hydrogen-bond donors (Lipinski definition) is 2. The summed E-state index contributed by atoms with van der Waals surface area (Å²) in [5.41, 5.74) is 2.94. The van der Waals surface area contributed by atoms with Crippen molar-refractivity contribution in [2.75, 3.05) is 24.5 Å². The van der Waals surface area contributed by atoms with E-state index in [0.717, 1.165) is 31.0 Å². The molecule has 1 fully saturated rings. The third-order valence-corrected chi connectivity index (χ3v) is 5.00. The highest BCUT2D eigenvalue weighted by molar-refractivity contribution is 5.98. The van der Waals surface area contributed by atoms with Crippen LogP contribution in [0.3, 0.4) is 0 Å². The van der Waals surface area contributed by atoms with Crippen LogP contribution in [0.15, 0.2) is 79.0 Å². The minimum Gasteiger partial charge on any atom is -0.353 e. The molecule has 5 nitrogen and oxygen atoms in total. The lowest BCUT2D eigenvalue weighted by Crippen LogP contribution is -2.46. The monoisotopic (exact) mass is 372 g/mol. The molecular weight excluding hydrogens is 348 g/mol. The van der Waals surface area contributed by atoms with Crippen molar-refractivity contribution in [1.82, 2.24) is 15.6 Å². The molecule has 0 bridgehead atoms. The van der Waals surface area contributed by atoms with Crippen LogP contribution in [-0.4, -0.2) is 30.5 Å². The zero-order valence-corrected chi connectivity index (χ0v) is 15.7. The van der Waals surface area contributed by atoms with Crippen LogP contribution in [0.1, 0.15) is 27.5 Å². The first-order valence-corrected chi connectivity index (χ1v) is 9.61. The first-order valence-electron chi connectivity index (χ1n) is 9.61. The Balaban J connectivity index is 1.50. The van der Waals surface area contributed by atoms with Gasteiger partial charge in [0.2, 0.25) is 0 Å². The molecule has 142 valence electrons. The summed E-state index contributed by atoms with van der Waals surface area (Å²) >= 11 is 0. The van der Waals surface area contributed by atoms with Gasteiger partial charge >= 0.3 is 0 Å². The quantitative estimate of drug-likeness (QED) is 0.722. The van der Waals surface area contributed by atoms with Crippen LogP contribution in [0, 0.1) is 0 Å². The molecule has 4 rings (SSSR count). The lowest BCUT2D eigenvalue weighted by Gasteiger charge is -2.35. The van der Waals surface area contributed by atoms with Gasteiger partial charge in [0.25, 0.3) is 5.91 Å². The summed E-state index contributed by atoms with van der Waals surface area (Å²) in [6, 6.07) is 24.2. The average Bonchev–Trinajstić information content (AvgIpc) is 2.79. The van der Waals surface area contributed by atoms with E-state index in [1.165, 1.54) is 5.56 Å². The van der Waals surface area contributed by atoms with Gasteiger partial charge in [0.05, 0.1) is 5.56 Å². The third-order valence-electron chi connectivity index (χ3n) is 5.00. The van der Waals surface area contributed by atoms with E-state index in [-0.39, 0.29) is 11.9 Å². The first kappa shape index (κ1) is 18.2. The maximum Gasteiger partial charge on any atom is 0.255 e. The lowest BCUT2D eigenvalue weighted by atomic mass is 10.0. The number of hydrogen-bond acceptors (Lipinski definition) is 4. The number of amides is 1. The van der Waals surface area contributed by atoms with E-state index in [1.54, 1.807) is 6.20 Å². The molecule has 2 aromatic carbocycles. The molecule has 1 saturated heterocycles. The summed E-state index contributed by atoms with van der Waals surface area (Å²) in [5.74, 6) is 0.650. The largest absolute Gasteiger partial charge is 0.353 e. The standard InChI is InChI=1S/C23H24N4O/c28-23(26-16-18-8-3-1-4-9-18)20-12-7-13-25-22(20)27-15-14-24-21(17-27)19-10-5-2-6-11-19/h1-13,21,24H,14-17H2,(H,26,28). The van der Waals surface area contributed by atoms with Crippen molar-refractivity contribution in [1.29, 1.82) is 0 Å². The lowest BCUT2D eigenvalue weighted by molar-refractivity contribution is 0.0951. The number of piperazine rings is 1. The molecule has 0 radical (unpaired) electrons. The van der Waals surface area contributed by atoms with Gasteiger partial charge in [0.1, 0.15) is 5.82 Å². The van der Waals surface area contributed by atoms with Gasteiger partial charge in [-0.05, 0) is 23.3 Å². The van der Waals surface area contributed by atoms with Crippen LogP contribution in [-0.2, 0) is 6.54 Å². The van der Waals surface area contributed by atoms with Gasteiger partial charge in [0.15, 0.2) is 0 Å². The van der Waals surface area contributed by atoms with E-state index in [0.29, 0.717) is 12.1 Å². The number of anilines is 1. The molecule has 0 aliphatic carbocycles. The fraction of sp³-hybridized carbons (Fsp3) is 0.217. The van der Waals surface area contributed by atoms with Gasteiger partial charge in [-0.2, -0.15) is 0 Å². The van der Waals surface area contributed by atoms with Crippen LogP contribution in [0.2, 0.25) is 0 Å². The molecule has 1 aromatic heterocycles. The predicted molar refractivity (Wildman–Crippen MR) is 111 cm³/mol. The van der Waals surface area contributed by atoms with Gasteiger partial charge in [-0.3, -0.25) is 4.79 Å². The second kappa shape index (κ2) is 8.67. The molecule has 2 N–H and O–H groups in total. The van der Waals surface area contributed by atoms with Gasteiger partial charge in [-0.25, -0.2) is 4.98 Å². The molecule has 1 aliphatic rings. The first-order chi connectivity index (χ1) is 13.8. The van der Waals surface area contributed by atoms with Crippen LogP contribution < -0.4 is 15.5 Å². The summed E-state index contributed by atoms with van der Waals surface area (Å²) in [7, 11) is 0. The number of aromatic nitrogens is 1. The van der Waals surface area contributed by atoms with Gasteiger partial charge in [0, 0.05) is 38.4 Å². The number of carbonyl (C=O) groups is 1. The van der Waals surface area contributed by atoms with Crippen LogP contribution >= 0.6 is 0 Å². The van der Waals surface area contributed by atoms with Gasteiger partial charge in [-0.15, -0.1) is 0 Å². The highest BCUT2D eigenvalue weighted by Gasteiger charge is 2.25. The second-order valence-electron chi connectivity index (χ2n) is 6.91. The molecule has 1 aliphatic heterocycles. The van der Waals surface area contributed by atoms with Crippen molar-refractivity contribution in [3.8, 4) is 0 Å². The summed E-state index contributed by atoms with van der Waals surface area (Å²) in [5, 5.41) is 6.58. The van der Waals surface area contributed by atoms with Crippen LogP contribution in [0.5, 0.6) is 0 Å². The number of carbonyl (C=O) groups excluding carboxylic acids is 1. The average molecular weight is 372 g/mol. The molecule has 3 aromatic rings. The molecule has 1 unspecified atom stereocenters. The Morgan fingerprint density at radius 1 is 1.04 bits per heavy atom. The molecule has 2 heterocycles. The zero-order chi connectivity index (χ0) is 19.2. The van der Waals surface area contributed by atoms with E-state index >= 15 is 0 Å². The van der Waals surface area contributed by atoms with Crippen LogP contribution in [0.25, 0.3) is 0 Å². The van der Waals surface area contributed by atoms with E-state index in [1.807, 2.05) is 48.5 Å². The molecule has 0 spiro atoms. The van der Waals surface area contributed by atoms with Crippen molar-refractivity contribution in [2.45, 2.75) is 12.6 Å². The minimum absolute atomic E-state index is 0.0956. The number of rotatable bonds is 5. The number of nitrogens with one attached hydrogen (secondary N) is 2. The maximum absolute atomic E-state index is 12.8. The summed E-state index contributed by atoms with van der Waals surface area (Å²) < 4.78 is 0. The Morgan fingerprint density at radius 3 is 2.57 bits per heavy atom. The second-order valence-corrected chi connectivity index (χ2v) is 6.91. The van der Waals surface area contributed by atoms with Crippen molar-refractivity contribution in [3.63, 3.8) is 0 Å². The Labute approximate surface area is 165 Å². The maximum atomic E-state index is 12.8. The van der Waals surface area contributed by atoms with Crippen molar-refractivity contribution in [3.05, 3.63) is 95.7 Å². The molecule has 1 atom stereocenters. The Hall–Kier alpha value is -3.18.